The van der Waals surface area contributed by atoms with Crippen molar-refractivity contribution in [1.82, 2.24) is 10.2 Å². The van der Waals surface area contributed by atoms with Crippen LogP contribution in [0.4, 0.5) is 0 Å². The normalized spacial score (nSPS) is 11.2. The molecule has 1 aromatic carbocycles. The molecule has 0 bridgehead atoms. The lowest BCUT2D eigenvalue weighted by Crippen LogP contribution is -2.03. The number of H-pyrrole nitrogens is 1. The number of rotatable bonds is 3. The van der Waals surface area contributed by atoms with Crippen LogP contribution in [-0.2, 0) is 6.42 Å². The number of fused-ring (bicyclic) bond motifs is 1. The number of aromatic nitrogens is 2. The van der Waals surface area contributed by atoms with E-state index in [-0.39, 0.29) is 0 Å². The van der Waals surface area contributed by atoms with Crippen LogP contribution in [0.5, 0.6) is 0 Å². The highest BCUT2D eigenvalue weighted by Crippen LogP contribution is 2.34. The van der Waals surface area contributed by atoms with E-state index in [4.69, 9.17) is 5.73 Å². The topological polar surface area (TPSA) is 54.7 Å². The molecule has 3 aromatic rings. The number of nitrogens with one attached hydrogen (secondary N) is 1. The van der Waals surface area contributed by atoms with Gasteiger partial charge in [-0.1, -0.05) is 18.2 Å². The first-order valence-electron chi connectivity index (χ1n) is 6.01. The highest BCUT2D eigenvalue weighted by molar-refractivity contribution is 7.17. The molecule has 0 aliphatic rings. The Hall–Kier alpha value is -1.65. The summed E-state index contributed by atoms with van der Waals surface area (Å²) >= 11 is 1.76. The highest BCUT2D eigenvalue weighted by Gasteiger charge is 2.13. The van der Waals surface area contributed by atoms with E-state index in [1.807, 2.05) is 0 Å². The number of aromatic amines is 1. The number of benzene rings is 1. The van der Waals surface area contributed by atoms with Gasteiger partial charge in [0.15, 0.2) is 0 Å². The Morgan fingerprint density at radius 2 is 2.17 bits per heavy atom. The Labute approximate surface area is 110 Å². The quantitative estimate of drug-likeness (QED) is 0.757. The number of nitrogens with two attached hydrogens (primary N) is 1. The van der Waals surface area contributed by atoms with Crippen molar-refractivity contribution in [2.75, 3.05) is 6.54 Å². The lowest BCUT2D eigenvalue weighted by molar-refractivity contribution is 0.896. The van der Waals surface area contributed by atoms with Crippen LogP contribution < -0.4 is 5.73 Å². The molecule has 3 nitrogen and oxygen atoms in total. The van der Waals surface area contributed by atoms with Crippen molar-refractivity contribution < 1.29 is 0 Å². The van der Waals surface area contributed by atoms with Gasteiger partial charge in [0.25, 0.3) is 0 Å². The van der Waals surface area contributed by atoms with E-state index in [0.717, 1.165) is 17.8 Å². The fourth-order valence-electron chi connectivity index (χ4n) is 2.25. The molecule has 0 spiro atoms. The SMILES string of the molecule is Cc1c(-c2csc3ccccc23)n[nH]c1CCN. The molecule has 2 aromatic heterocycles. The van der Waals surface area contributed by atoms with Crippen LogP contribution >= 0.6 is 11.3 Å². The monoisotopic (exact) mass is 257 g/mol. The summed E-state index contributed by atoms with van der Waals surface area (Å²) in [5, 5.41) is 11.0. The molecule has 92 valence electrons. The molecule has 2 heterocycles. The van der Waals surface area contributed by atoms with E-state index >= 15 is 0 Å². The molecule has 0 saturated heterocycles. The summed E-state index contributed by atoms with van der Waals surface area (Å²) in [5.41, 5.74) is 10.2. The van der Waals surface area contributed by atoms with Crippen LogP contribution in [0.3, 0.4) is 0 Å². The molecule has 0 atom stereocenters. The zero-order valence-electron chi connectivity index (χ0n) is 10.2. The van der Waals surface area contributed by atoms with Gasteiger partial charge in [0, 0.05) is 33.1 Å². The number of thiophene rings is 1. The van der Waals surface area contributed by atoms with Gasteiger partial charge < -0.3 is 5.73 Å². The van der Waals surface area contributed by atoms with Crippen molar-refractivity contribution in [3.05, 3.63) is 40.9 Å². The molecule has 0 fully saturated rings. The van der Waals surface area contributed by atoms with E-state index < -0.39 is 0 Å². The summed E-state index contributed by atoms with van der Waals surface area (Å²) in [7, 11) is 0. The Morgan fingerprint density at radius 1 is 1.33 bits per heavy atom. The second kappa shape index (κ2) is 4.55. The fraction of sp³-hybridized carbons (Fsp3) is 0.214. The van der Waals surface area contributed by atoms with Gasteiger partial charge in [-0.2, -0.15) is 5.10 Å². The van der Waals surface area contributed by atoms with Gasteiger partial charge in [0.2, 0.25) is 0 Å². The van der Waals surface area contributed by atoms with Crippen molar-refractivity contribution in [3.8, 4) is 11.3 Å². The van der Waals surface area contributed by atoms with E-state index in [2.05, 4.69) is 46.8 Å². The standard InChI is InChI=1S/C14H15N3S/c1-9-12(6-7-15)16-17-14(9)11-8-18-13-5-3-2-4-10(11)13/h2-5,8H,6-7,15H2,1H3,(H,16,17). The third-order valence-corrected chi connectivity index (χ3v) is 4.20. The summed E-state index contributed by atoms with van der Waals surface area (Å²) in [6.07, 6.45) is 0.848. The molecule has 0 aliphatic carbocycles. The van der Waals surface area contributed by atoms with Gasteiger partial charge in [-0.25, -0.2) is 0 Å². The number of nitrogens with zero attached hydrogens (tertiary/aromatic N) is 1. The van der Waals surface area contributed by atoms with E-state index in [9.17, 15) is 0 Å². The van der Waals surface area contributed by atoms with Gasteiger partial charge in [0.05, 0.1) is 5.69 Å². The minimum Gasteiger partial charge on any atom is -0.330 e. The third-order valence-electron chi connectivity index (χ3n) is 3.24. The second-order valence-electron chi connectivity index (χ2n) is 4.36. The van der Waals surface area contributed by atoms with Gasteiger partial charge in [-0.15, -0.1) is 11.3 Å². The largest absolute Gasteiger partial charge is 0.330 e. The van der Waals surface area contributed by atoms with Crippen LogP contribution in [0, 0.1) is 6.92 Å². The molecular weight excluding hydrogens is 242 g/mol. The number of hydrogen-bond acceptors (Lipinski definition) is 3. The fourth-order valence-corrected chi connectivity index (χ4v) is 3.19. The smallest absolute Gasteiger partial charge is 0.0967 e. The first kappa shape index (κ1) is 11.4. The van der Waals surface area contributed by atoms with Gasteiger partial charge >= 0.3 is 0 Å². The average molecular weight is 257 g/mol. The van der Waals surface area contributed by atoms with Crippen LogP contribution in [0.1, 0.15) is 11.3 Å². The van der Waals surface area contributed by atoms with Crippen LogP contribution in [0.2, 0.25) is 0 Å². The first-order valence-corrected chi connectivity index (χ1v) is 6.89. The molecule has 4 heteroatoms. The second-order valence-corrected chi connectivity index (χ2v) is 5.27. The van der Waals surface area contributed by atoms with Crippen molar-refractivity contribution in [2.45, 2.75) is 13.3 Å². The van der Waals surface area contributed by atoms with Gasteiger partial charge in [0.1, 0.15) is 0 Å². The molecule has 0 amide bonds. The van der Waals surface area contributed by atoms with Gasteiger partial charge in [-0.3, -0.25) is 5.10 Å². The zero-order valence-corrected chi connectivity index (χ0v) is 11.1. The highest BCUT2D eigenvalue weighted by atomic mass is 32.1. The third kappa shape index (κ3) is 1.74. The predicted octanol–water partition coefficient (Wildman–Crippen LogP) is 3.10. The maximum absolute atomic E-state index is 5.60. The Kier molecular flexibility index (Phi) is 2.89. The Morgan fingerprint density at radius 3 is 3.00 bits per heavy atom. The van der Waals surface area contributed by atoms with Crippen LogP contribution in [0.25, 0.3) is 21.3 Å². The minimum absolute atomic E-state index is 0.646. The predicted molar refractivity (Wildman–Crippen MR) is 76.9 cm³/mol. The summed E-state index contributed by atoms with van der Waals surface area (Å²) < 4.78 is 1.30. The maximum Gasteiger partial charge on any atom is 0.0967 e. The summed E-state index contributed by atoms with van der Waals surface area (Å²) in [6, 6.07) is 8.44. The molecule has 3 N–H and O–H groups in total. The van der Waals surface area contributed by atoms with Crippen molar-refractivity contribution in [2.24, 2.45) is 5.73 Å². The molecular formula is C14H15N3S. The molecule has 0 unspecified atom stereocenters. The zero-order chi connectivity index (χ0) is 12.5. The van der Waals surface area contributed by atoms with Crippen LogP contribution in [-0.4, -0.2) is 16.7 Å². The lowest BCUT2D eigenvalue weighted by Gasteiger charge is -1.98. The lowest BCUT2D eigenvalue weighted by atomic mass is 10.1. The van der Waals surface area contributed by atoms with E-state index in [0.29, 0.717) is 6.54 Å². The summed E-state index contributed by atoms with van der Waals surface area (Å²) in [6.45, 7) is 2.75. The number of hydrogen-bond donors (Lipinski definition) is 2. The average Bonchev–Trinajstić information content (AvgIpc) is 2.95. The first-order chi connectivity index (χ1) is 8.81. The molecule has 0 saturated carbocycles. The van der Waals surface area contributed by atoms with Crippen molar-refractivity contribution >= 4 is 21.4 Å². The minimum atomic E-state index is 0.646. The van der Waals surface area contributed by atoms with Crippen molar-refractivity contribution in [3.63, 3.8) is 0 Å². The summed E-state index contributed by atoms with van der Waals surface area (Å²) in [5.74, 6) is 0. The molecule has 0 aliphatic heterocycles. The summed E-state index contributed by atoms with van der Waals surface area (Å²) in [4.78, 5) is 0. The van der Waals surface area contributed by atoms with Crippen molar-refractivity contribution in [1.29, 1.82) is 0 Å². The molecule has 18 heavy (non-hydrogen) atoms. The van der Waals surface area contributed by atoms with Crippen LogP contribution in [0.15, 0.2) is 29.6 Å². The Balaban J connectivity index is 2.15. The Bertz CT molecular complexity index is 681. The van der Waals surface area contributed by atoms with E-state index in [1.165, 1.54) is 21.2 Å². The van der Waals surface area contributed by atoms with Gasteiger partial charge in [-0.05, 0) is 25.1 Å². The molecule has 0 radical (unpaired) electrons. The molecule has 3 rings (SSSR count). The van der Waals surface area contributed by atoms with E-state index in [1.54, 1.807) is 11.3 Å². The maximum atomic E-state index is 5.60.